The molecule has 1 aliphatic rings. The van der Waals surface area contributed by atoms with Crippen molar-refractivity contribution in [2.75, 3.05) is 0 Å². The van der Waals surface area contributed by atoms with Gasteiger partial charge in [-0.25, -0.2) is 0 Å². The van der Waals surface area contributed by atoms with Crippen molar-refractivity contribution in [2.45, 2.75) is 32.8 Å². The fourth-order valence-electron chi connectivity index (χ4n) is 3.58. The van der Waals surface area contributed by atoms with E-state index in [0.717, 1.165) is 24.8 Å². The predicted molar refractivity (Wildman–Crippen MR) is 94.8 cm³/mol. The first-order valence-corrected chi connectivity index (χ1v) is 8.51. The monoisotopic (exact) mass is 319 g/mol. The number of esters is 1. The maximum atomic E-state index is 12.5. The fraction of sp³-hybridized carbons (Fsp3) is 0.286. The maximum Gasteiger partial charge on any atom is 0.309 e. The Balaban J connectivity index is 1.50. The summed E-state index contributed by atoms with van der Waals surface area (Å²) in [5, 5.41) is 1.26. The van der Waals surface area contributed by atoms with Gasteiger partial charge in [-0.3, -0.25) is 4.79 Å². The van der Waals surface area contributed by atoms with Gasteiger partial charge in [0.15, 0.2) is 0 Å². The molecular formula is C21H21NO2. The van der Waals surface area contributed by atoms with Crippen LogP contribution in [0.1, 0.15) is 28.8 Å². The second kappa shape index (κ2) is 6.16. The lowest BCUT2D eigenvalue weighted by Crippen LogP contribution is -2.24. The minimum absolute atomic E-state index is 0.0410. The zero-order valence-electron chi connectivity index (χ0n) is 13.8. The summed E-state index contributed by atoms with van der Waals surface area (Å²) < 4.78 is 5.55. The van der Waals surface area contributed by atoms with Crippen molar-refractivity contribution in [1.82, 2.24) is 4.98 Å². The molecule has 0 bridgehead atoms. The second-order valence-electron chi connectivity index (χ2n) is 6.66. The number of hydrogen-bond donors (Lipinski definition) is 1. The third-order valence-electron chi connectivity index (χ3n) is 4.90. The van der Waals surface area contributed by atoms with Gasteiger partial charge in [0.05, 0.1) is 5.92 Å². The molecule has 4 rings (SSSR count). The van der Waals surface area contributed by atoms with Gasteiger partial charge in [-0.15, -0.1) is 0 Å². The molecule has 1 heterocycles. The summed E-state index contributed by atoms with van der Waals surface area (Å²) in [7, 11) is 0. The van der Waals surface area contributed by atoms with E-state index in [1.54, 1.807) is 0 Å². The second-order valence-corrected chi connectivity index (χ2v) is 6.66. The number of benzene rings is 2. The van der Waals surface area contributed by atoms with Gasteiger partial charge in [0.1, 0.15) is 6.61 Å². The SMILES string of the molecule is Cc1ccc2[nH]c3c(c2c1)CC(C(=O)OCc1ccccc1)CC3. The molecule has 1 N–H and O–H groups in total. The maximum absolute atomic E-state index is 12.5. The molecule has 1 atom stereocenters. The van der Waals surface area contributed by atoms with E-state index in [9.17, 15) is 4.79 Å². The number of nitrogens with one attached hydrogen (secondary N) is 1. The van der Waals surface area contributed by atoms with Crippen molar-refractivity contribution in [2.24, 2.45) is 5.92 Å². The van der Waals surface area contributed by atoms with Crippen molar-refractivity contribution >= 4 is 16.9 Å². The largest absolute Gasteiger partial charge is 0.461 e. The van der Waals surface area contributed by atoms with Gasteiger partial charge in [-0.2, -0.15) is 0 Å². The lowest BCUT2D eigenvalue weighted by atomic mass is 9.86. The van der Waals surface area contributed by atoms with Crippen molar-refractivity contribution in [3.8, 4) is 0 Å². The van der Waals surface area contributed by atoms with Crippen molar-refractivity contribution in [3.63, 3.8) is 0 Å². The molecule has 2 aromatic carbocycles. The van der Waals surface area contributed by atoms with E-state index in [1.165, 1.54) is 27.7 Å². The van der Waals surface area contributed by atoms with E-state index in [1.807, 2.05) is 30.3 Å². The number of carbonyl (C=O) groups is 1. The van der Waals surface area contributed by atoms with E-state index in [-0.39, 0.29) is 11.9 Å². The zero-order valence-corrected chi connectivity index (χ0v) is 13.8. The van der Waals surface area contributed by atoms with Crippen molar-refractivity contribution in [1.29, 1.82) is 0 Å². The summed E-state index contributed by atoms with van der Waals surface area (Å²) in [6, 6.07) is 16.3. The number of aromatic nitrogens is 1. The molecule has 0 saturated carbocycles. The topological polar surface area (TPSA) is 42.1 Å². The molecule has 0 saturated heterocycles. The molecule has 3 heteroatoms. The van der Waals surface area contributed by atoms with Crippen LogP contribution in [0.3, 0.4) is 0 Å². The van der Waals surface area contributed by atoms with Crippen LogP contribution in [0.15, 0.2) is 48.5 Å². The van der Waals surface area contributed by atoms with Crippen LogP contribution in [0.25, 0.3) is 10.9 Å². The standard InChI is InChI=1S/C21H21NO2/c1-14-7-9-19-17(11-14)18-12-16(8-10-20(18)22-19)21(23)24-13-15-5-3-2-4-6-15/h2-7,9,11,16,22H,8,10,12-13H2,1H3. The Morgan fingerprint density at radius 1 is 1.21 bits per heavy atom. The summed E-state index contributed by atoms with van der Waals surface area (Å²) in [6.45, 7) is 2.46. The molecule has 1 aromatic heterocycles. The number of fused-ring (bicyclic) bond motifs is 3. The molecule has 0 spiro atoms. The fourth-order valence-corrected chi connectivity index (χ4v) is 3.58. The molecule has 3 nitrogen and oxygen atoms in total. The lowest BCUT2D eigenvalue weighted by molar-refractivity contribution is -0.150. The number of carbonyl (C=O) groups excluding carboxylic acids is 1. The van der Waals surface area contributed by atoms with Gasteiger partial charge in [0, 0.05) is 16.6 Å². The van der Waals surface area contributed by atoms with Crippen LogP contribution in [-0.4, -0.2) is 11.0 Å². The summed E-state index contributed by atoms with van der Waals surface area (Å²) in [6.07, 6.45) is 2.53. The molecule has 1 aliphatic carbocycles. The average molecular weight is 319 g/mol. The molecular weight excluding hydrogens is 298 g/mol. The van der Waals surface area contributed by atoms with E-state index >= 15 is 0 Å². The number of rotatable bonds is 3. The van der Waals surface area contributed by atoms with Crippen LogP contribution in [-0.2, 0) is 29.0 Å². The highest BCUT2D eigenvalue weighted by atomic mass is 16.5. The van der Waals surface area contributed by atoms with E-state index in [4.69, 9.17) is 4.74 Å². The Labute approximate surface area is 141 Å². The van der Waals surface area contributed by atoms with Gasteiger partial charge < -0.3 is 9.72 Å². The number of ether oxygens (including phenoxy) is 1. The van der Waals surface area contributed by atoms with Gasteiger partial charge >= 0.3 is 5.97 Å². The van der Waals surface area contributed by atoms with E-state index < -0.39 is 0 Å². The minimum Gasteiger partial charge on any atom is -0.461 e. The first kappa shape index (κ1) is 15.0. The highest BCUT2D eigenvalue weighted by Crippen LogP contribution is 2.32. The molecule has 3 aromatic rings. The molecule has 0 aliphatic heterocycles. The third-order valence-corrected chi connectivity index (χ3v) is 4.90. The Bertz CT molecular complexity index is 879. The van der Waals surface area contributed by atoms with Crippen LogP contribution in [0.5, 0.6) is 0 Å². The smallest absolute Gasteiger partial charge is 0.309 e. The Morgan fingerprint density at radius 3 is 2.88 bits per heavy atom. The van der Waals surface area contributed by atoms with Crippen LogP contribution in [0.4, 0.5) is 0 Å². The normalized spacial score (nSPS) is 16.8. The minimum atomic E-state index is -0.0773. The van der Waals surface area contributed by atoms with Crippen molar-refractivity contribution in [3.05, 3.63) is 70.9 Å². The first-order valence-electron chi connectivity index (χ1n) is 8.51. The number of hydrogen-bond acceptors (Lipinski definition) is 2. The molecule has 1 unspecified atom stereocenters. The van der Waals surface area contributed by atoms with Crippen LogP contribution >= 0.6 is 0 Å². The van der Waals surface area contributed by atoms with Gasteiger partial charge in [0.2, 0.25) is 0 Å². The quantitative estimate of drug-likeness (QED) is 0.730. The molecule has 122 valence electrons. The number of H-pyrrole nitrogens is 1. The zero-order chi connectivity index (χ0) is 16.5. The average Bonchev–Trinajstić information content (AvgIpc) is 2.97. The molecule has 24 heavy (non-hydrogen) atoms. The highest BCUT2D eigenvalue weighted by Gasteiger charge is 2.28. The Kier molecular flexibility index (Phi) is 3.85. The Hall–Kier alpha value is -2.55. The summed E-state index contributed by atoms with van der Waals surface area (Å²) in [5.74, 6) is -0.118. The van der Waals surface area contributed by atoms with E-state index in [2.05, 4.69) is 30.1 Å². The highest BCUT2D eigenvalue weighted by molar-refractivity contribution is 5.86. The summed E-state index contributed by atoms with van der Waals surface area (Å²) >= 11 is 0. The van der Waals surface area contributed by atoms with Crippen molar-refractivity contribution < 1.29 is 9.53 Å². The molecule has 0 radical (unpaired) electrons. The van der Waals surface area contributed by atoms with Gasteiger partial charge in [-0.05, 0) is 49.4 Å². The van der Waals surface area contributed by atoms with Crippen LogP contribution in [0, 0.1) is 12.8 Å². The van der Waals surface area contributed by atoms with E-state index in [0.29, 0.717) is 6.61 Å². The number of aryl methyl sites for hydroxylation is 2. The molecule has 0 fully saturated rings. The summed E-state index contributed by atoms with van der Waals surface area (Å²) in [4.78, 5) is 16.0. The van der Waals surface area contributed by atoms with Crippen LogP contribution < -0.4 is 0 Å². The van der Waals surface area contributed by atoms with Gasteiger partial charge in [-0.1, -0.05) is 42.0 Å². The first-order chi connectivity index (χ1) is 11.7. The summed E-state index contributed by atoms with van der Waals surface area (Å²) in [5.41, 5.74) is 6.02. The third kappa shape index (κ3) is 2.82. The lowest BCUT2D eigenvalue weighted by Gasteiger charge is -2.21. The van der Waals surface area contributed by atoms with Gasteiger partial charge in [0.25, 0.3) is 0 Å². The molecule has 0 amide bonds. The number of aromatic amines is 1. The predicted octanol–water partition coefficient (Wildman–Crippen LogP) is 4.32. The Morgan fingerprint density at radius 2 is 2.04 bits per heavy atom. The van der Waals surface area contributed by atoms with Crippen LogP contribution in [0.2, 0.25) is 0 Å².